The quantitative estimate of drug-likeness (QED) is 0.328. The van der Waals surface area contributed by atoms with Gasteiger partial charge < -0.3 is 15.4 Å². The van der Waals surface area contributed by atoms with Crippen LogP contribution in [0.3, 0.4) is 0 Å². The van der Waals surface area contributed by atoms with Crippen molar-refractivity contribution in [2.24, 2.45) is 5.73 Å². The number of nitrogens with zero attached hydrogens (tertiary/aromatic N) is 3. The summed E-state index contributed by atoms with van der Waals surface area (Å²) in [6.07, 6.45) is -0.945. The highest BCUT2D eigenvalue weighted by molar-refractivity contribution is 6.25. The third-order valence-electron chi connectivity index (χ3n) is 6.01. The van der Waals surface area contributed by atoms with E-state index in [1.165, 1.54) is 0 Å². The first kappa shape index (κ1) is 22.4. The Balaban J connectivity index is 1.44. The number of imide groups is 2. The number of nitrogens with two attached hydrogens (primary N) is 1. The summed E-state index contributed by atoms with van der Waals surface area (Å²) in [6, 6.07) is 4.00. The molecule has 0 spiro atoms. The number of anilines is 1. The van der Waals surface area contributed by atoms with E-state index in [0.29, 0.717) is 38.4 Å². The number of piperidine rings is 1. The Bertz CT molecular complexity index is 1050. The molecule has 174 valence electrons. The number of primary amides is 1. The van der Waals surface area contributed by atoms with Crippen molar-refractivity contribution in [3.05, 3.63) is 29.3 Å². The number of amides is 5. The van der Waals surface area contributed by atoms with Gasteiger partial charge in [-0.25, -0.2) is 4.79 Å². The van der Waals surface area contributed by atoms with E-state index < -0.39 is 41.7 Å². The molecule has 2 saturated heterocycles. The van der Waals surface area contributed by atoms with Crippen LogP contribution in [0, 0.1) is 0 Å². The van der Waals surface area contributed by atoms with Gasteiger partial charge in [0.2, 0.25) is 11.8 Å². The number of carbonyl (C=O) groups excluding carboxylic acids is 6. The van der Waals surface area contributed by atoms with Crippen LogP contribution in [0.25, 0.3) is 0 Å². The lowest BCUT2D eigenvalue weighted by Gasteiger charge is -2.36. The van der Waals surface area contributed by atoms with Gasteiger partial charge in [-0.3, -0.25) is 39.1 Å². The van der Waals surface area contributed by atoms with Crippen molar-refractivity contribution in [2.75, 3.05) is 37.6 Å². The number of esters is 1. The lowest BCUT2D eigenvalue weighted by molar-refractivity contribution is -0.138. The molecule has 4 rings (SSSR count). The van der Waals surface area contributed by atoms with Gasteiger partial charge >= 0.3 is 12.1 Å². The fourth-order valence-electron chi connectivity index (χ4n) is 4.39. The second-order valence-electron chi connectivity index (χ2n) is 8.02. The van der Waals surface area contributed by atoms with Crippen LogP contribution in [0.1, 0.15) is 40.0 Å². The zero-order chi connectivity index (χ0) is 23.7. The van der Waals surface area contributed by atoms with Crippen LogP contribution in [-0.4, -0.2) is 84.3 Å². The summed E-state index contributed by atoms with van der Waals surface area (Å²) in [5.41, 5.74) is 5.92. The van der Waals surface area contributed by atoms with Crippen molar-refractivity contribution in [3.63, 3.8) is 0 Å². The minimum atomic E-state index is -1.13. The number of rotatable bonds is 5. The fraction of sp³-hybridized carbons (Fsp3) is 0.429. The molecule has 5 amide bonds. The Morgan fingerprint density at radius 1 is 1.06 bits per heavy atom. The first-order valence-corrected chi connectivity index (χ1v) is 10.6. The highest BCUT2D eigenvalue weighted by Crippen LogP contribution is 2.34. The average Bonchev–Trinajstić information content (AvgIpc) is 3.03. The number of nitrogens with one attached hydrogen (secondary N) is 1. The first-order valence-electron chi connectivity index (χ1n) is 10.6. The van der Waals surface area contributed by atoms with E-state index in [1.807, 2.05) is 9.80 Å². The molecule has 2 fully saturated rings. The SMILES string of the molecule is NC(=O)OC(=O)CCN1CCN(c2cccc3c2C(=O)N(C2CCC(=O)NC2=O)C3=O)CC1. The maximum absolute atomic E-state index is 13.2. The Kier molecular flexibility index (Phi) is 6.09. The van der Waals surface area contributed by atoms with Crippen molar-refractivity contribution < 1.29 is 33.5 Å². The molecule has 0 aromatic heterocycles. The molecule has 33 heavy (non-hydrogen) atoms. The summed E-state index contributed by atoms with van der Waals surface area (Å²) in [5.74, 6) is -2.85. The number of ether oxygens (including phenoxy) is 1. The standard InChI is InChI=1S/C21H23N5O7/c22-21(32)33-16(28)6-7-24-8-10-25(11-9-24)13-3-1-2-12-17(13)20(31)26(19(12)30)14-4-5-15(27)23-18(14)29/h1-3,14H,4-11H2,(H2,22,32)(H,23,27,29). The zero-order valence-electron chi connectivity index (χ0n) is 17.7. The molecule has 3 N–H and O–H groups in total. The molecular formula is C21H23N5O7. The van der Waals surface area contributed by atoms with E-state index in [-0.39, 0.29) is 30.4 Å². The van der Waals surface area contributed by atoms with Crippen molar-refractivity contribution in [1.29, 1.82) is 0 Å². The highest BCUT2D eigenvalue weighted by atomic mass is 16.6. The molecule has 0 bridgehead atoms. The second-order valence-corrected chi connectivity index (χ2v) is 8.02. The Morgan fingerprint density at radius 3 is 2.45 bits per heavy atom. The third-order valence-corrected chi connectivity index (χ3v) is 6.01. The lowest BCUT2D eigenvalue weighted by atomic mass is 10.0. The van der Waals surface area contributed by atoms with Crippen molar-refractivity contribution in [2.45, 2.75) is 25.3 Å². The molecule has 3 heterocycles. The van der Waals surface area contributed by atoms with E-state index in [0.717, 1.165) is 4.90 Å². The predicted molar refractivity (Wildman–Crippen MR) is 112 cm³/mol. The van der Waals surface area contributed by atoms with Crippen LogP contribution in [0.2, 0.25) is 0 Å². The second kappa shape index (κ2) is 8.98. The molecule has 1 aromatic carbocycles. The summed E-state index contributed by atoms with van der Waals surface area (Å²) in [7, 11) is 0. The minimum absolute atomic E-state index is 0.0254. The fourth-order valence-corrected chi connectivity index (χ4v) is 4.39. The van der Waals surface area contributed by atoms with Crippen LogP contribution < -0.4 is 16.0 Å². The van der Waals surface area contributed by atoms with Gasteiger partial charge in [-0.1, -0.05) is 6.07 Å². The molecule has 3 aliphatic heterocycles. The molecule has 1 aromatic rings. The minimum Gasteiger partial charge on any atom is -0.376 e. The van der Waals surface area contributed by atoms with E-state index in [9.17, 15) is 28.8 Å². The van der Waals surface area contributed by atoms with Crippen molar-refractivity contribution in [3.8, 4) is 0 Å². The topological polar surface area (TPSA) is 159 Å². The van der Waals surface area contributed by atoms with E-state index in [4.69, 9.17) is 5.73 Å². The van der Waals surface area contributed by atoms with E-state index in [2.05, 4.69) is 10.1 Å². The van der Waals surface area contributed by atoms with E-state index in [1.54, 1.807) is 18.2 Å². The largest absolute Gasteiger partial charge is 0.412 e. The van der Waals surface area contributed by atoms with Gasteiger partial charge in [0, 0.05) is 39.1 Å². The van der Waals surface area contributed by atoms with Gasteiger partial charge in [0.15, 0.2) is 0 Å². The average molecular weight is 457 g/mol. The lowest BCUT2D eigenvalue weighted by Crippen LogP contribution is -2.54. The van der Waals surface area contributed by atoms with Crippen molar-refractivity contribution >= 4 is 41.4 Å². The summed E-state index contributed by atoms with van der Waals surface area (Å²) in [4.78, 5) is 77.0. The number of fused-ring (bicyclic) bond motifs is 1. The Morgan fingerprint density at radius 2 is 1.79 bits per heavy atom. The maximum atomic E-state index is 13.2. The predicted octanol–water partition coefficient (Wildman–Crippen LogP) is -0.778. The highest BCUT2D eigenvalue weighted by Gasteiger charge is 2.46. The van der Waals surface area contributed by atoms with Crippen LogP contribution in [0.5, 0.6) is 0 Å². The summed E-state index contributed by atoms with van der Waals surface area (Å²) < 4.78 is 4.32. The molecule has 0 radical (unpaired) electrons. The van der Waals surface area contributed by atoms with Crippen LogP contribution in [0.15, 0.2) is 18.2 Å². The molecule has 12 nitrogen and oxygen atoms in total. The Labute approximate surface area is 188 Å². The molecule has 1 atom stereocenters. The molecule has 0 aliphatic carbocycles. The molecule has 1 unspecified atom stereocenters. The molecule has 0 saturated carbocycles. The normalized spacial score (nSPS) is 21.2. The molecule has 3 aliphatic rings. The first-order chi connectivity index (χ1) is 15.8. The van der Waals surface area contributed by atoms with Crippen LogP contribution in [-0.2, 0) is 19.1 Å². The van der Waals surface area contributed by atoms with Crippen LogP contribution in [0.4, 0.5) is 10.5 Å². The summed E-state index contributed by atoms with van der Waals surface area (Å²) >= 11 is 0. The summed E-state index contributed by atoms with van der Waals surface area (Å²) in [6.45, 7) is 2.66. The van der Waals surface area contributed by atoms with E-state index >= 15 is 0 Å². The smallest absolute Gasteiger partial charge is 0.376 e. The molecule has 12 heteroatoms. The van der Waals surface area contributed by atoms with Gasteiger partial charge in [0.25, 0.3) is 11.8 Å². The zero-order valence-corrected chi connectivity index (χ0v) is 17.7. The van der Waals surface area contributed by atoms with Crippen LogP contribution >= 0.6 is 0 Å². The number of carbonyl (C=O) groups is 6. The van der Waals surface area contributed by atoms with Gasteiger partial charge in [0.1, 0.15) is 6.04 Å². The number of hydrogen-bond acceptors (Lipinski definition) is 9. The Hall–Kier alpha value is -3.80. The molecular weight excluding hydrogens is 434 g/mol. The number of piperazine rings is 1. The maximum Gasteiger partial charge on any atom is 0.412 e. The van der Waals surface area contributed by atoms with Gasteiger partial charge in [-0.2, -0.15) is 0 Å². The van der Waals surface area contributed by atoms with Crippen molar-refractivity contribution in [1.82, 2.24) is 15.1 Å². The third kappa shape index (κ3) is 4.42. The summed E-state index contributed by atoms with van der Waals surface area (Å²) in [5, 5.41) is 2.19. The monoisotopic (exact) mass is 457 g/mol. The van der Waals surface area contributed by atoms with Gasteiger partial charge in [-0.05, 0) is 18.6 Å². The number of hydrogen-bond donors (Lipinski definition) is 2. The van der Waals surface area contributed by atoms with Gasteiger partial charge in [-0.15, -0.1) is 0 Å². The van der Waals surface area contributed by atoms with Gasteiger partial charge in [0.05, 0.1) is 23.2 Å². The number of benzene rings is 1.